The molecule has 7 nitrogen and oxygen atoms in total. The van der Waals surface area contributed by atoms with Gasteiger partial charge in [-0.25, -0.2) is 0 Å². The summed E-state index contributed by atoms with van der Waals surface area (Å²) in [6.07, 6.45) is 1.86. The van der Waals surface area contributed by atoms with Crippen molar-refractivity contribution in [1.29, 1.82) is 0 Å². The van der Waals surface area contributed by atoms with Crippen molar-refractivity contribution in [2.45, 2.75) is 44.1 Å². The van der Waals surface area contributed by atoms with E-state index in [9.17, 15) is 14.4 Å². The fourth-order valence-corrected chi connectivity index (χ4v) is 3.73. The van der Waals surface area contributed by atoms with Gasteiger partial charge in [-0.2, -0.15) is 4.79 Å². The maximum absolute atomic E-state index is 12.5. The second-order valence-corrected chi connectivity index (χ2v) is 6.89. The first-order valence-electron chi connectivity index (χ1n) is 7.32. The van der Waals surface area contributed by atoms with Gasteiger partial charge in [0.25, 0.3) is 5.91 Å². The van der Waals surface area contributed by atoms with Crippen molar-refractivity contribution in [3.8, 4) is 0 Å². The highest BCUT2D eigenvalue weighted by Crippen LogP contribution is 2.44. The Morgan fingerprint density at radius 1 is 1.48 bits per heavy atom. The Hall–Kier alpha value is -1.73. The lowest BCUT2D eigenvalue weighted by Crippen LogP contribution is -2.53. The van der Waals surface area contributed by atoms with E-state index in [0.29, 0.717) is 0 Å². The number of alkyl halides is 1. The van der Waals surface area contributed by atoms with E-state index < -0.39 is 35.3 Å². The van der Waals surface area contributed by atoms with Gasteiger partial charge < -0.3 is 9.47 Å². The molecule has 2 saturated heterocycles. The molecular weight excluding hydrogens is 324 g/mol. The minimum atomic E-state index is -0.935. The first kappa shape index (κ1) is 16.1. The Bertz CT molecular complexity index is 671. The second-order valence-electron chi connectivity index (χ2n) is 6.28. The summed E-state index contributed by atoms with van der Waals surface area (Å²) in [5, 5.41) is 0. The van der Waals surface area contributed by atoms with Crippen LogP contribution in [0.1, 0.15) is 20.8 Å². The van der Waals surface area contributed by atoms with Crippen LogP contribution in [0.15, 0.2) is 11.6 Å². The lowest BCUT2D eigenvalue weighted by atomic mass is 9.84. The van der Waals surface area contributed by atoms with Crippen LogP contribution in [0.3, 0.4) is 0 Å². The monoisotopic (exact) mass is 341 g/mol. The number of hydrogen-bond acceptors (Lipinski definition) is 5. The first-order valence-corrected chi connectivity index (χ1v) is 7.76. The van der Waals surface area contributed by atoms with Crippen LogP contribution in [0.25, 0.3) is 0 Å². The number of rotatable bonds is 1. The lowest BCUT2D eigenvalue weighted by Gasteiger charge is -2.29. The van der Waals surface area contributed by atoms with E-state index in [1.807, 2.05) is 6.08 Å². The number of carbonyl (C=O) groups is 3. The average molecular weight is 342 g/mol. The normalized spacial score (nSPS) is 37.1. The Labute approximate surface area is 138 Å². The molecule has 2 fully saturated rings. The van der Waals surface area contributed by atoms with Gasteiger partial charge in [0.1, 0.15) is 11.5 Å². The Kier molecular flexibility index (Phi) is 3.61. The number of hydrogen-bond donors (Lipinski definition) is 0. The molecule has 0 aromatic heterocycles. The molecule has 0 spiro atoms. The number of likely N-dealkylation sites (tertiary alicyclic amines) is 1. The molecular formula is C15H18ClN2O5+. The number of halogens is 1. The van der Waals surface area contributed by atoms with Gasteiger partial charge in [0.15, 0.2) is 17.9 Å². The average Bonchev–Trinajstić information content (AvgIpc) is 2.84. The van der Waals surface area contributed by atoms with E-state index in [1.54, 1.807) is 20.1 Å². The number of fused-ring (bicyclic) bond motifs is 3. The van der Waals surface area contributed by atoms with Gasteiger partial charge in [0.05, 0.1) is 0 Å². The molecule has 0 bridgehead atoms. The SMILES string of the molecule is CC1=C[C@]2(C)O[C@@H]3C(=O)N(C)C(=O)[C@@H]3[C@@H]2[N+](C(=O)OC(C)Cl)=C1. The molecule has 3 heterocycles. The van der Waals surface area contributed by atoms with E-state index in [0.717, 1.165) is 10.5 Å². The molecule has 3 aliphatic heterocycles. The summed E-state index contributed by atoms with van der Waals surface area (Å²) in [5.41, 5.74) is -0.971. The quantitative estimate of drug-likeness (QED) is 0.402. The number of nitrogens with zero attached hydrogens (tertiary/aromatic N) is 2. The summed E-state index contributed by atoms with van der Waals surface area (Å²) >= 11 is 5.73. The van der Waals surface area contributed by atoms with Crippen molar-refractivity contribution in [2.75, 3.05) is 7.05 Å². The zero-order valence-corrected chi connectivity index (χ0v) is 14.0. The third-order valence-corrected chi connectivity index (χ3v) is 4.54. The summed E-state index contributed by atoms with van der Waals surface area (Å²) in [6, 6.07) is -0.652. The predicted octanol–water partition coefficient (Wildman–Crippen LogP) is 0.892. The zero-order valence-electron chi connectivity index (χ0n) is 13.3. The van der Waals surface area contributed by atoms with E-state index in [4.69, 9.17) is 21.1 Å². The molecule has 8 heteroatoms. The van der Waals surface area contributed by atoms with Crippen molar-refractivity contribution in [1.82, 2.24) is 4.90 Å². The number of ether oxygens (including phenoxy) is 2. The number of allylic oxidation sites excluding steroid dienone is 1. The predicted molar refractivity (Wildman–Crippen MR) is 80.2 cm³/mol. The molecule has 5 atom stereocenters. The summed E-state index contributed by atoms with van der Waals surface area (Å²) in [4.78, 5) is 38.1. The van der Waals surface area contributed by atoms with Gasteiger partial charge in [-0.15, -0.1) is 4.58 Å². The summed E-state index contributed by atoms with van der Waals surface area (Å²) in [7, 11) is 1.42. The van der Waals surface area contributed by atoms with Crippen LogP contribution < -0.4 is 0 Å². The van der Waals surface area contributed by atoms with E-state index in [-0.39, 0.29) is 11.8 Å². The minimum Gasteiger partial charge on any atom is -0.392 e. The molecule has 0 saturated carbocycles. The van der Waals surface area contributed by atoms with Crippen molar-refractivity contribution < 1.29 is 28.4 Å². The maximum atomic E-state index is 12.5. The fraction of sp³-hybridized carbons (Fsp3) is 0.600. The summed E-state index contributed by atoms with van der Waals surface area (Å²) in [5.74, 6) is -1.50. The second kappa shape index (κ2) is 5.14. The topological polar surface area (TPSA) is 75.9 Å². The van der Waals surface area contributed by atoms with E-state index in [2.05, 4.69) is 0 Å². The summed E-state index contributed by atoms with van der Waals surface area (Å²) in [6.45, 7) is 5.09. The Morgan fingerprint density at radius 3 is 2.74 bits per heavy atom. The molecule has 0 N–H and O–H groups in total. The number of carbonyl (C=O) groups excluding carboxylic acids is 3. The van der Waals surface area contributed by atoms with Gasteiger partial charge in [0, 0.05) is 12.6 Å². The van der Waals surface area contributed by atoms with Crippen LogP contribution >= 0.6 is 11.6 Å². The van der Waals surface area contributed by atoms with E-state index in [1.165, 1.54) is 18.5 Å². The molecule has 0 aromatic carbocycles. The number of amides is 3. The van der Waals surface area contributed by atoms with Gasteiger partial charge in [-0.1, -0.05) is 11.6 Å². The van der Waals surface area contributed by atoms with E-state index >= 15 is 0 Å². The molecule has 23 heavy (non-hydrogen) atoms. The molecule has 3 rings (SSSR count). The molecule has 0 aromatic rings. The Morgan fingerprint density at radius 2 is 2.13 bits per heavy atom. The van der Waals surface area contributed by atoms with Crippen molar-refractivity contribution in [3.05, 3.63) is 11.6 Å². The van der Waals surface area contributed by atoms with Gasteiger partial charge >= 0.3 is 6.09 Å². The van der Waals surface area contributed by atoms with Gasteiger partial charge in [-0.05, 0) is 26.8 Å². The van der Waals surface area contributed by atoms with Crippen molar-refractivity contribution in [2.24, 2.45) is 5.92 Å². The van der Waals surface area contributed by atoms with Crippen LogP contribution in [0.2, 0.25) is 0 Å². The third-order valence-electron chi connectivity index (χ3n) is 4.45. The van der Waals surface area contributed by atoms with Crippen LogP contribution in [-0.2, 0) is 19.1 Å². The molecule has 1 unspecified atom stereocenters. The van der Waals surface area contributed by atoms with Crippen molar-refractivity contribution in [3.63, 3.8) is 0 Å². The molecule has 3 aliphatic rings. The highest BCUT2D eigenvalue weighted by atomic mass is 35.5. The third kappa shape index (κ3) is 2.30. The largest absolute Gasteiger partial charge is 0.598 e. The van der Waals surface area contributed by atoms with Gasteiger partial charge in [-0.3, -0.25) is 14.5 Å². The molecule has 0 aliphatic carbocycles. The Balaban J connectivity index is 2.05. The lowest BCUT2D eigenvalue weighted by molar-refractivity contribution is -0.502. The van der Waals surface area contributed by atoms with Crippen LogP contribution in [0.5, 0.6) is 0 Å². The summed E-state index contributed by atoms with van der Waals surface area (Å²) < 4.78 is 12.3. The smallest absolute Gasteiger partial charge is 0.392 e. The number of imide groups is 1. The van der Waals surface area contributed by atoms with Crippen LogP contribution in [0, 0.1) is 5.92 Å². The molecule has 124 valence electrons. The highest BCUT2D eigenvalue weighted by Gasteiger charge is 2.69. The number of likely N-dealkylation sites (N-methyl/N-ethyl adjacent to an activating group) is 1. The van der Waals surface area contributed by atoms with Crippen LogP contribution in [0.4, 0.5) is 4.79 Å². The fourth-order valence-electron chi connectivity index (χ4n) is 3.65. The maximum Gasteiger partial charge on any atom is 0.598 e. The highest BCUT2D eigenvalue weighted by molar-refractivity contribution is 6.19. The zero-order chi connectivity index (χ0) is 17.1. The molecule has 0 radical (unpaired) electrons. The standard InChI is InChI=1S/C15H18ClN2O5/c1-7-5-15(3)11(18(6-7)14(21)22-8(2)16)9-10(23-15)13(20)17(4)12(9)19/h5-6,8-11H,1-4H3/q+1/t8?,9-,10-,11-,15-/m0/s1. The minimum absolute atomic E-state index is 0.355. The van der Waals surface area contributed by atoms with Gasteiger partial charge in [0.2, 0.25) is 11.9 Å². The first-order chi connectivity index (χ1) is 10.7. The van der Waals surface area contributed by atoms with Crippen LogP contribution in [-0.4, -0.2) is 64.0 Å². The van der Waals surface area contributed by atoms with Crippen molar-refractivity contribution >= 4 is 35.7 Å². The molecule has 3 amide bonds.